The van der Waals surface area contributed by atoms with Gasteiger partial charge in [0.2, 0.25) is 6.08 Å². The molecule has 1 aromatic carbocycles. The molecule has 6 heteroatoms. The van der Waals surface area contributed by atoms with Gasteiger partial charge < -0.3 is 4.84 Å². The molecule has 0 aliphatic carbocycles. The Balaban J connectivity index is 3.09. The lowest BCUT2D eigenvalue weighted by atomic mass is 10.2. The number of aliphatic imine (C=N–C) groups is 1. The van der Waals surface area contributed by atoms with Crippen molar-refractivity contribution in [2.24, 2.45) is 10.1 Å². The number of hydrogen-bond donors (Lipinski definition) is 0. The highest BCUT2D eigenvalue weighted by molar-refractivity contribution is 6.37. The standard InChI is InChI=1S/C10H8Cl2N2O2/c1-2-16-14-5-7-3-10(13-6-15)9(12)4-8(7)11/h3-5H,2H2,1H3. The molecule has 16 heavy (non-hydrogen) atoms. The molecule has 0 fully saturated rings. The summed E-state index contributed by atoms with van der Waals surface area (Å²) in [7, 11) is 0. The van der Waals surface area contributed by atoms with E-state index in [1.165, 1.54) is 24.4 Å². The molecule has 0 heterocycles. The largest absolute Gasteiger partial charge is 0.396 e. The van der Waals surface area contributed by atoms with Crippen LogP contribution < -0.4 is 0 Å². The predicted molar refractivity (Wildman–Crippen MR) is 63.5 cm³/mol. The fourth-order valence-corrected chi connectivity index (χ4v) is 1.43. The van der Waals surface area contributed by atoms with E-state index >= 15 is 0 Å². The maximum absolute atomic E-state index is 10.1. The van der Waals surface area contributed by atoms with Gasteiger partial charge in [-0.05, 0) is 19.1 Å². The minimum Gasteiger partial charge on any atom is -0.396 e. The Hall–Kier alpha value is -1.35. The maximum Gasteiger partial charge on any atom is 0.240 e. The maximum atomic E-state index is 10.1. The third-order valence-electron chi connectivity index (χ3n) is 1.63. The van der Waals surface area contributed by atoms with Gasteiger partial charge in [-0.2, -0.15) is 4.99 Å². The molecule has 0 saturated carbocycles. The minimum absolute atomic E-state index is 0.280. The monoisotopic (exact) mass is 258 g/mol. The normalized spacial score (nSPS) is 10.2. The molecule has 0 aliphatic rings. The van der Waals surface area contributed by atoms with Crippen molar-refractivity contribution >= 4 is 41.2 Å². The summed E-state index contributed by atoms with van der Waals surface area (Å²) in [6, 6.07) is 3.00. The van der Waals surface area contributed by atoms with E-state index in [4.69, 9.17) is 28.0 Å². The fourth-order valence-electron chi connectivity index (χ4n) is 0.956. The zero-order valence-electron chi connectivity index (χ0n) is 8.41. The van der Waals surface area contributed by atoms with Crippen LogP contribution in [0.5, 0.6) is 0 Å². The van der Waals surface area contributed by atoms with E-state index in [1.54, 1.807) is 0 Å². The van der Waals surface area contributed by atoms with Crippen LogP contribution in [0, 0.1) is 0 Å². The highest BCUT2D eigenvalue weighted by Crippen LogP contribution is 2.30. The number of hydrogen-bond acceptors (Lipinski definition) is 4. The summed E-state index contributed by atoms with van der Waals surface area (Å²) in [6.07, 6.45) is 2.83. The molecule has 0 atom stereocenters. The molecule has 0 radical (unpaired) electrons. The van der Waals surface area contributed by atoms with Crippen LogP contribution in [0.15, 0.2) is 22.3 Å². The van der Waals surface area contributed by atoms with Gasteiger partial charge in [-0.25, -0.2) is 4.79 Å². The number of oxime groups is 1. The third-order valence-corrected chi connectivity index (χ3v) is 2.26. The summed E-state index contributed by atoms with van der Waals surface area (Å²) in [5.41, 5.74) is 0.854. The molecule has 0 unspecified atom stereocenters. The predicted octanol–water partition coefficient (Wildman–Crippen LogP) is 3.33. The van der Waals surface area contributed by atoms with Crippen molar-refractivity contribution in [2.45, 2.75) is 6.92 Å². The first-order valence-electron chi connectivity index (χ1n) is 4.41. The number of benzene rings is 1. The molecule has 0 N–H and O–H groups in total. The number of nitrogens with zero attached hydrogens (tertiary/aromatic N) is 2. The van der Waals surface area contributed by atoms with Crippen molar-refractivity contribution in [1.82, 2.24) is 0 Å². The molecule has 0 amide bonds. The van der Waals surface area contributed by atoms with Crippen LogP contribution in [0.2, 0.25) is 10.0 Å². The summed E-state index contributed by atoms with van der Waals surface area (Å²) < 4.78 is 0. The van der Waals surface area contributed by atoms with Crippen LogP contribution in [-0.4, -0.2) is 18.9 Å². The molecule has 84 valence electrons. The Morgan fingerprint density at radius 1 is 1.44 bits per heavy atom. The topological polar surface area (TPSA) is 51.0 Å². The van der Waals surface area contributed by atoms with Crippen LogP contribution in [-0.2, 0) is 9.63 Å². The van der Waals surface area contributed by atoms with E-state index in [1.807, 2.05) is 6.92 Å². The molecule has 0 aromatic heterocycles. The Morgan fingerprint density at radius 3 is 2.81 bits per heavy atom. The Morgan fingerprint density at radius 2 is 2.19 bits per heavy atom. The summed E-state index contributed by atoms with van der Waals surface area (Å²) >= 11 is 11.7. The Kier molecular flexibility index (Phi) is 4.99. The molecular weight excluding hydrogens is 251 g/mol. The lowest BCUT2D eigenvalue weighted by Gasteiger charge is -2.01. The summed E-state index contributed by atoms with van der Waals surface area (Å²) in [4.78, 5) is 18.4. The van der Waals surface area contributed by atoms with E-state index in [0.29, 0.717) is 22.9 Å². The highest BCUT2D eigenvalue weighted by atomic mass is 35.5. The number of isocyanates is 1. The Bertz CT molecular complexity index is 454. The van der Waals surface area contributed by atoms with Crippen molar-refractivity contribution in [3.05, 3.63) is 27.7 Å². The molecular formula is C10H8Cl2N2O2. The van der Waals surface area contributed by atoms with Gasteiger partial charge in [0, 0.05) is 5.56 Å². The fraction of sp³-hybridized carbons (Fsp3) is 0.200. The molecule has 4 nitrogen and oxygen atoms in total. The molecule has 1 aromatic rings. The zero-order valence-corrected chi connectivity index (χ0v) is 9.92. The average molecular weight is 259 g/mol. The van der Waals surface area contributed by atoms with Gasteiger partial charge in [0.15, 0.2) is 0 Å². The van der Waals surface area contributed by atoms with Crippen LogP contribution >= 0.6 is 23.2 Å². The second kappa shape index (κ2) is 6.28. The lowest BCUT2D eigenvalue weighted by Crippen LogP contribution is -1.86. The average Bonchev–Trinajstić information content (AvgIpc) is 2.25. The van der Waals surface area contributed by atoms with Crippen LogP contribution in [0.3, 0.4) is 0 Å². The smallest absolute Gasteiger partial charge is 0.240 e. The van der Waals surface area contributed by atoms with Crippen molar-refractivity contribution in [1.29, 1.82) is 0 Å². The molecule has 0 spiro atoms. The van der Waals surface area contributed by atoms with Crippen LogP contribution in [0.25, 0.3) is 0 Å². The van der Waals surface area contributed by atoms with Gasteiger partial charge >= 0.3 is 0 Å². The Labute approximate surface area is 103 Å². The molecule has 0 aliphatic heterocycles. The molecule has 0 saturated heterocycles. The third kappa shape index (κ3) is 3.35. The van der Waals surface area contributed by atoms with Gasteiger partial charge in [-0.3, -0.25) is 0 Å². The van der Waals surface area contributed by atoms with Crippen molar-refractivity contribution in [2.75, 3.05) is 6.61 Å². The van der Waals surface area contributed by atoms with Gasteiger partial charge in [0.25, 0.3) is 0 Å². The van der Waals surface area contributed by atoms with E-state index in [0.717, 1.165) is 0 Å². The first-order chi connectivity index (χ1) is 7.69. The van der Waals surface area contributed by atoms with E-state index in [2.05, 4.69) is 10.1 Å². The summed E-state index contributed by atoms with van der Waals surface area (Å²) in [5.74, 6) is 0. The summed E-state index contributed by atoms with van der Waals surface area (Å²) in [5, 5.41) is 4.34. The van der Waals surface area contributed by atoms with Crippen molar-refractivity contribution in [3.63, 3.8) is 0 Å². The van der Waals surface area contributed by atoms with Gasteiger partial charge in [0.05, 0.1) is 21.9 Å². The van der Waals surface area contributed by atoms with Gasteiger partial charge in [-0.15, -0.1) is 0 Å². The second-order valence-electron chi connectivity index (χ2n) is 2.68. The highest BCUT2D eigenvalue weighted by Gasteiger charge is 2.05. The van der Waals surface area contributed by atoms with Crippen molar-refractivity contribution < 1.29 is 9.63 Å². The van der Waals surface area contributed by atoms with Crippen molar-refractivity contribution in [3.8, 4) is 0 Å². The zero-order chi connectivity index (χ0) is 12.0. The summed E-state index contributed by atoms with van der Waals surface area (Å²) in [6.45, 7) is 2.27. The first kappa shape index (κ1) is 12.7. The molecule has 0 bridgehead atoms. The van der Waals surface area contributed by atoms with Crippen LogP contribution in [0.4, 0.5) is 5.69 Å². The number of halogens is 2. The van der Waals surface area contributed by atoms with Gasteiger partial charge in [0.1, 0.15) is 6.61 Å². The lowest BCUT2D eigenvalue weighted by molar-refractivity contribution is 0.160. The number of rotatable bonds is 4. The van der Waals surface area contributed by atoms with E-state index < -0.39 is 0 Å². The number of carbonyl (C=O) groups excluding carboxylic acids is 1. The van der Waals surface area contributed by atoms with Gasteiger partial charge in [-0.1, -0.05) is 28.4 Å². The second-order valence-corrected chi connectivity index (χ2v) is 3.49. The minimum atomic E-state index is 0.280. The van der Waals surface area contributed by atoms with E-state index in [9.17, 15) is 4.79 Å². The first-order valence-corrected chi connectivity index (χ1v) is 5.17. The van der Waals surface area contributed by atoms with E-state index in [-0.39, 0.29) is 5.02 Å². The molecule has 1 rings (SSSR count). The quantitative estimate of drug-likeness (QED) is 0.473. The SMILES string of the molecule is CCON=Cc1cc(N=C=O)c(Cl)cc1Cl. The van der Waals surface area contributed by atoms with Crippen LogP contribution in [0.1, 0.15) is 12.5 Å².